The van der Waals surface area contributed by atoms with Gasteiger partial charge in [-0.1, -0.05) is 25.5 Å². The Hall–Kier alpha value is -1.02. The highest BCUT2D eigenvalue weighted by Gasteiger charge is 2.01. The third kappa shape index (κ3) is 5.22. The molecule has 0 saturated carbocycles. The summed E-state index contributed by atoms with van der Waals surface area (Å²) < 4.78 is 5.78. The Bertz CT molecular complexity index is 336. The van der Waals surface area contributed by atoms with Gasteiger partial charge in [-0.25, -0.2) is 0 Å². The second-order valence-electron chi connectivity index (χ2n) is 4.76. The normalized spacial score (nSPS) is 12.5. The maximum absolute atomic E-state index is 5.78. The highest BCUT2D eigenvalue weighted by atomic mass is 16.5. The molecule has 0 fully saturated rings. The maximum Gasteiger partial charge on any atom is 0.122 e. The van der Waals surface area contributed by atoms with Gasteiger partial charge in [0.1, 0.15) is 12.4 Å². The summed E-state index contributed by atoms with van der Waals surface area (Å²) in [6.45, 7) is 10.3. The monoisotopic (exact) mass is 235 g/mol. The molecule has 1 atom stereocenters. The second-order valence-corrected chi connectivity index (χ2v) is 4.76. The molecule has 1 N–H and O–H groups in total. The van der Waals surface area contributed by atoms with Gasteiger partial charge in [0.25, 0.3) is 0 Å². The zero-order valence-electron chi connectivity index (χ0n) is 11.5. The van der Waals surface area contributed by atoms with E-state index in [9.17, 15) is 0 Å². The molecule has 0 heterocycles. The number of ether oxygens (including phenoxy) is 1. The average Bonchev–Trinajstić information content (AvgIpc) is 2.29. The van der Waals surface area contributed by atoms with Crippen molar-refractivity contribution in [1.29, 1.82) is 0 Å². The van der Waals surface area contributed by atoms with Gasteiger partial charge in [-0.3, -0.25) is 0 Å². The van der Waals surface area contributed by atoms with Crippen LogP contribution in [0.15, 0.2) is 18.2 Å². The van der Waals surface area contributed by atoms with Crippen LogP contribution in [0.25, 0.3) is 0 Å². The van der Waals surface area contributed by atoms with E-state index in [2.05, 4.69) is 51.2 Å². The van der Waals surface area contributed by atoms with Crippen LogP contribution in [0.3, 0.4) is 0 Å². The van der Waals surface area contributed by atoms with Gasteiger partial charge in [0.2, 0.25) is 0 Å². The molecule has 1 aromatic carbocycles. The summed E-state index contributed by atoms with van der Waals surface area (Å²) in [5.74, 6) is 1.01. The van der Waals surface area contributed by atoms with Crippen LogP contribution in [-0.4, -0.2) is 19.2 Å². The minimum atomic E-state index is 0.585. The molecule has 2 heteroatoms. The molecular weight excluding hydrogens is 210 g/mol. The lowest BCUT2D eigenvalue weighted by Crippen LogP contribution is -2.30. The Morgan fingerprint density at radius 1 is 1.29 bits per heavy atom. The van der Waals surface area contributed by atoms with E-state index < -0.39 is 0 Å². The molecule has 96 valence electrons. The fraction of sp³-hybridized carbons (Fsp3) is 0.600. The van der Waals surface area contributed by atoms with Crippen LogP contribution in [0.5, 0.6) is 5.75 Å². The van der Waals surface area contributed by atoms with Gasteiger partial charge in [0.15, 0.2) is 0 Å². The van der Waals surface area contributed by atoms with Gasteiger partial charge in [-0.15, -0.1) is 0 Å². The Labute approximate surface area is 105 Å². The van der Waals surface area contributed by atoms with Crippen molar-refractivity contribution in [1.82, 2.24) is 5.32 Å². The van der Waals surface area contributed by atoms with Crippen LogP contribution >= 0.6 is 0 Å². The van der Waals surface area contributed by atoms with E-state index in [1.54, 1.807) is 0 Å². The van der Waals surface area contributed by atoms with Crippen molar-refractivity contribution in [3.05, 3.63) is 29.3 Å². The molecule has 1 rings (SSSR count). The van der Waals surface area contributed by atoms with Crippen LogP contribution in [0, 0.1) is 13.8 Å². The smallest absolute Gasteiger partial charge is 0.122 e. The first-order valence-corrected chi connectivity index (χ1v) is 6.57. The third-order valence-electron chi connectivity index (χ3n) is 2.92. The SMILES string of the molecule is CCCC(C)NCCOc1cc(C)ccc1C. The van der Waals surface area contributed by atoms with Crippen molar-refractivity contribution < 1.29 is 4.74 Å². The lowest BCUT2D eigenvalue weighted by Gasteiger charge is -2.14. The van der Waals surface area contributed by atoms with E-state index in [1.807, 2.05) is 0 Å². The second kappa shape index (κ2) is 7.33. The molecule has 1 aromatic rings. The molecule has 17 heavy (non-hydrogen) atoms. The van der Waals surface area contributed by atoms with E-state index in [0.29, 0.717) is 6.04 Å². The minimum Gasteiger partial charge on any atom is -0.492 e. The zero-order chi connectivity index (χ0) is 12.7. The number of benzene rings is 1. The fourth-order valence-electron chi connectivity index (χ4n) is 1.86. The number of nitrogens with one attached hydrogen (secondary N) is 1. The summed E-state index contributed by atoms with van der Waals surface area (Å²) in [6, 6.07) is 6.91. The first-order valence-electron chi connectivity index (χ1n) is 6.57. The number of hydrogen-bond donors (Lipinski definition) is 1. The Morgan fingerprint density at radius 2 is 2.06 bits per heavy atom. The van der Waals surface area contributed by atoms with Crippen LogP contribution in [0.1, 0.15) is 37.8 Å². The minimum absolute atomic E-state index is 0.585. The fourth-order valence-corrected chi connectivity index (χ4v) is 1.86. The number of hydrogen-bond acceptors (Lipinski definition) is 2. The van der Waals surface area contributed by atoms with E-state index in [1.165, 1.54) is 24.0 Å². The van der Waals surface area contributed by atoms with Gasteiger partial charge >= 0.3 is 0 Å². The standard InChI is InChI=1S/C15H25NO/c1-5-6-14(4)16-9-10-17-15-11-12(2)7-8-13(15)3/h7-8,11,14,16H,5-6,9-10H2,1-4H3. The van der Waals surface area contributed by atoms with Gasteiger partial charge in [0.05, 0.1) is 0 Å². The molecule has 0 radical (unpaired) electrons. The van der Waals surface area contributed by atoms with Crippen LogP contribution in [0.2, 0.25) is 0 Å². The van der Waals surface area contributed by atoms with Crippen LogP contribution in [0.4, 0.5) is 0 Å². The summed E-state index contributed by atoms with van der Waals surface area (Å²) in [4.78, 5) is 0. The largest absolute Gasteiger partial charge is 0.492 e. The Kier molecular flexibility index (Phi) is 6.06. The van der Waals surface area contributed by atoms with Gasteiger partial charge < -0.3 is 10.1 Å². The van der Waals surface area contributed by atoms with Crippen LogP contribution in [-0.2, 0) is 0 Å². The first-order chi connectivity index (χ1) is 8.13. The number of aryl methyl sites for hydroxylation is 2. The van der Waals surface area contributed by atoms with Crippen LogP contribution < -0.4 is 10.1 Å². The van der Waals surface area contributed by atoms with Crippen molar-refractivity contribution >= 4 is 0 Å². The van der Waals surface area contributed by atoms with Crippen molar-refractivity contribution in [2.75, 3.05) is 13.2 Å². The molecule has 0 aliphatic carbocycles. The molecule has 2 nitrogen and oxygen atoms in total. The van der Waals surface area contributed by atoms with Gasteiger partial charge in [0, 0.05) is 12.6 Å². The molecule has 0 bridgehead atoms. The van der Waals surface area contributed by atoms with Gasteiger partial charge in [-0.05, 0) is 44.4 Å². The quantitative estimate of drug-likeness (QED) is 0.731. The summed E-state index contributed by atoms with van der Waals surface area (Å²) in [7, 11) is 0. The van der Waals surface area contributed by atoms with Crippen molar-refractivity contribution in [3.63, 3.8) is 0 Å². The third-order valence-corrected chi connectivity index (χ3v) is 2.92. The Balaban J connectivity index is 2.28. The van der Waals surface area contributed by atoms with E-state index in [0.717, 1.165) is 18.9 Å². The average molecular weight is 235 g/mol. The van der Waals surface area contributed by atoms with E-state index in [4.69, 9.17) is 4.74 Å². The predicted molar refractivity (Wildman–Crippen MR) is 73.8 cm³/mol. The number of rotatable bonds is 7. The van der Waals surface area contributed by atoms with Crippen molar-refractivity contribution in [2.45, 2.75) is 46.6 Å². The summed E-state index contributed by atoms with van der Waals surface area (Å²) in [5.41, 5.74) is 2.45. The topological polar surface area (TPSA) is 21.3 Å². The molecule has 0 amide bonds. The van der Waals surface area contributed by atoms with Crippen molar-refractivity contribution in [2.24, 2.45) is 0 Å². The molecular formula is C15H25NO. The lowest BCUT2D eigenvalue weighted by molar-refractivity contribution is 0.303. The zero-order valence-corrected chi connectivity index (χ0v) is 11.5. The molecule has 0 aromatic heterocycles. The molecule has 0 aliphatic heterocycles. The maximum atomic E-state index is 5.78. The summed E-state index contributed by atoms with van der Waals surface area (Å²) >= 11 is 0. The molecule has 0 saturated heterocycles. The summed E-state index contributed by atoms with van der Waals surface area (Å²) in [6.07, 6.45) is 2.45. The summed E-state index contributed by atoms with van der Waals surface area (Å²) in [5, 5.41) is 3.46. The first kappa shape index (κ1) is 14.0. The van der Waals surface area contributed by atoms with E-state index >= 15 is 0 Å². The Morgan fingerprint density at radius 3 is 2.76 bits per heavy atom. The molecule has 1 unspecified atom stereocenters. The molecule has 0 spiro atoms. The molecule has 0 aliphatic rings. The highest BCUT2D eigenvalue weighted by Crippen LogP contribution is 2.18. The van der Waals surface area contributed by atoms with Crippen molar-refractivity contribution in [3.8, 4) is 5.75 Å². The highest BCUT2D eigenvalue weighted by molar-refractivity contribution is 5.35. The van der Waals surface area contributed by atoms with Gasteiger partial charge in [-0.2, -0.15) is 0 Å². The predicted octanol–water partition coefficient (Wildman–Crippen LogP) is 3.46. The van der Waals surface area contributed by atoms with E-state index in [-0.39, 0.29) is 0 Å². The lowest BCUT2D eigenvalue weighted by atomic mass is 10.1.